The van der Waals surface area contributed by atoms with E-state index in [-0.39, 0.29) is 0 Å². The van der Waals surface area contributed by atoms with Gasteiger partial charge in [-0.05, 0) is 37.9 Å². The highest BCUT2D eigenvalue weighted by Gasteiger charge is 2.19. The van der Waals surface area contributed by atoms with Crippen molar-refractivity contribution in [3.05, 3.63) is 18.3 Å². The van der Waals surface area contributed by atoms with Crippen LogP contribution in [0, 0.1) is 0 Å². The van der Waals surface area contributed by atoms with Gasteiger partial charge in [0.2, 0.25) is 0 Å². The van der Waals surface area contributed by atoms with Gasteiger partial charge in [0.15, 0.2) is 11.6 Å². The second-order valence-electron chi connectivity index (χ2n) is 5.05. The normalized spacial score (nSPS) is 17.4. The second-order valence-corrected chi connectivity index (χ2v) is 5.05. The van der Waals surface area contributed by atoms with Crippen molar-refractivity contribution in [1.82, 2.24) is 9.88 Å². The average Bonchev–Trinajstić information content (AvgIpc) is 2.47. The molecule has 0 saturated carbocycles. The van der Waals surface area contributed by atoms with Crippen LogP contribution in [0.2, 0.25) is 0 Å². The maximum absolute atomic E-state index is 5.73. The van der Waals surface area contributed by atoms with E-state index in [0.29, 0.717) is 6.04 Å². The first-order valence-corrected chi connectivity index (χ1v) is 7.40. The topological polar surface area (TPSA) is 37.4 Å². The number of hydrogen-bond acceptors (Lipinski definition) is 4. The van der Waals surface area contributed by atoms with Crippen molar-refractivity contribution >= 4 is 5.82 Å². The molecule has 0 aliphatic carbocycles. The van der Waals surface area contributed by atoms with Crippen LogP contribution < -0.4 is 10.1 Å². The summed E-state index contributed by atoms with van der Waals surface area (Å²) in [4.78, 5) is 6.91. The van der Waals surface area contributed by atoms with E-state index in [1.807, 2.05) is 18.3 Å². The van der Waals surface area contributed by atoms with Crippen LogP contribution in [-0.2, 0) is 0 Å². The summed E-state index contributed by atoms with van der Waals surface area (Å²) in [5.74, 6) is 1.77. The number of aromatic nitrogens is 1. The van der Waals surface area contributed by atoms with Crippen LogP contribution in [0.3, 0.4) is 0 Å². The second kappa shape index (κ2) is 7.34. The summed E-state index contributed by atoms with van der Waals surface area (Å²) in [5.41, 5.74) is 0. The largest absolute Gasteiger partial charge is 0.490 e. The van der Waals surface area contributed by atoms with Crippen molar-refractivity contribution in [1.29, 1.82) is 0 Å². The van der Waals surface area contributed by atoms with E-state index in [4.69, 9.17) is 4.74 Å². The van der Waals surface area contributed by atoms with Gasteiger partial charge in [0.25, 0.3) is 0 Å². The Morgan fingerprint density at radius 3 is 2.84 bits per heavy atom. The maximum atomic E-state index is 5.73. The van der Waals surface area contributed by atoms with Crippen molar-refractivity contribution in [3.63, 3.8) is 0 Å². The highest BCUT2D eigenvalue weighted by atomic mass is 16.5. The van der Waals surface area contributed by atoms with Gasteiger partial charge in [-0.2, -0.15) is 0 Å². The highest BCUT2D eigenvalue weighted by Crippen LogP contribution is 2.24. The molecule has 106 valence electrons. The number of hydrogen-bond donors (Lipinski definition) is 1. The summed E-state index contributed by atoms with van der Waals surface area (Å²) in [6, 6.07) is 4.43. The molecule has 4 heteroatoms. The predicted octanol–water partition coefficient (Wildman–Crippen LogP) is 2.77. The van der Waals surface area contributed by atoms with Gasteiger partial charge in [-0.3, -0.25) is 0 Å². The molecule has 0 spiro atoms. The third kappa shape index (κ3) is 4.10. The van der Waals surface area contributed by atoms with Crippen LogP contribution in [0.5, 0.6) is 5.75 Å². The molecule has 1 fully saturated rings. The zero-order valence-corrected chi connectivity index (χ0v) is 12.1. The van der Waals surface area contributed by atoms with Crippen molar-refractivity contribution in [2.24, 2.45) is 0 Å². The summed E-state index contributed by atoms with van der Waals surface area (Å²) in [5, 5.41) is 3.54. The van der Waals surface area contributed by atoms with Crippen molar-refractivity contribution < 1.29 is 4.74 Å². The minimum Gasteiger partial charge on any atom is -0.490 e. The quantitative estimate of drug-likeness (QED) is 0.856. The molecule has 1 aromatic rings. The summed E-state index contributed by atoms with van der Waals surface area (Å²) in [6.07, 6.45) is 5.20. The molecule has 0 atom stereocenters. The molecule has 4 nitrogen and oxygen atoms in total. The Labute approximate surface area is 116 Å². The van der Waals surface area contributed by atoms with Crippen LogP contribution in [0.4, 0.5) is 5.82 Å². The SMILES string of the molecule is CCCOc1cccnc1NC1CCN(CC)CC1. The Bertz CT molecular complexity index is 375. The number of ether oxygens (including phenoxy) is 1. The Morgan fingerprint density at radius 2 is 2.16 bits per heavy atom. The lowest BCUT2D eigenvalue weighted by Crippen LogP contribution is -2.39. The minimum absolute atomic E-state index is 0.515. The van der Waals surface area contributed by atoms with Crippen LogP contribution in [-0.4, -0.2) is 42.2 Å². The molecule has 0 amide bonds. The van der Waals surface area contributed by atoms with Gasteiger partial charge in [0, 0.05) is 25.3 Å². The van der Waals surface area contributed by atoms with Gasteiger partial charge in [0.1, 0.15) is 0 Å². The van der Waals surface area contributed by atoms with Crippen LogP contribution >= 0.6 is 0 Å². The molecule has 0 bridgehead atoms. The first-order chi connectivity index (χ1) is 9.33. The molecule has 1 saturated heterocycles. The van der Waals surface area contributed by atoms with Crippen LogP contribution in [0.25, 0.3) is 0 Å². The lowest BCUT2D eigenvalue weighted by Gasteiger charge is -2.31. The molecule has 1 N–H and O–H groups in total. The zero-order chi connectivity index (χ0) is 13.5. The lowest BCUT2D eigenvalue weighted by molar-refractivity contribution is 0.229. The molecule has 19 heavy (non-hydrogen) atoms. The summed E-state index contributed by atoms with van der Waals surface area (Å²) >= 11 is 0. The number of anilines is 1. The minimum atomic E-state index is 0.515. The Kier molecular flexibility index (Phi) is 5.45. The van der Waals surface area contributed by atoms with E-state index in [2.05, 4.69) is 29.0 Å². The third-order valence-electron chi connectivity index (χ3n) is 3.61. The average molecular weight is 263 g/mol. The van der Waals surface area contributed by atoms with Gasteiger partial charge < -0.3 is 15.0 Å². The number of pyridine rings is 1. The van der Waals surface area contributed by atoms with E-state index >= 15 is 0 Å². The maximum Gasteiger partial charge on any atom is 0.168 e. The number of likely N-dealkylation sites (tertiary alicyclic amines) is 1. The number of piperidine rings is 1. The third-order valence-corrected chi connectivity index (χ3v) is 3.61. The van der Waals surface area contributed by atoms with E-state index in [0.717, 1.165) is 31.1 Å². The van der Waals surface area contributed by atoms with E-state index in [9.17, 15) is 0 Å². The number of nitrogens with zero attached hydrogens (tertiary/aromatic N) is 2. The molecule has 0 aromatic carbocycles. The molecule has 2 heterocycles. The van der Waals surface area contributed by atoms with Gasteiger partial charge in [-0.1, -0.05) is 13.8 Å². The molecular weight excluding hydrogens is 238 g/mol. The zero-order valence-electron chi connectivity index (χ0n) is 12.1. The fraction of sp³-hybridized carbons (Fsp3) is 0.667. The number of rotatable bonds is 6. The summed E-state index contributed by atoms with van der Waals surface area (Å²) < 4.78 is 5.73. The highest BCUT2D eigenvalue weighted by molar-refractivity contribution is 5.50. The predicted molar refractivity (Wildman–Crippen MR) is 78.8 cm³/mol. The van der Waals surface area contributed by atoms with Crippen molar-refractivity contribution in [2.75, 3.05) is 31.6 Å². The van der Waals surface area contributed by atoms with Gasteiger partial charge in [-0.15, -0.1) is 0 Å². The molecule has 2 rings (SSSR count). The molecule has 1 aliphatic heterocycles. The van der Waals surface area contributed by atoms with Crippen LogP contribution in [0.15, 0.2) is 18.3 Å². The smallest absolute Gasteiger partial charge is 0.168 e. The monoisotopic (exact) mass is 263 g/mol. The molecule has 1 aliphatic rings. The Morgan fingerprint density at radius 1 is 1.37 bits per heavy atom. The Balaban J connectivity index is 1.91. The fourth-order valence-corrected chi connectivity index (χ4v) is 2.41. The van der Waals surface area contributed by atoms with Gasteiger partial charge in [0.05, 0.1) is 6.61 Å². The molecular formula is C15H25N3O. The fourth-order valence-electron chi connectivity index (χ4n) is 2.41. The first kappa shape index (κ1) is 14.1. The van der Waals surface area contributed by atoms with Gasteiger partial charge >= 0.3 is 0 Å². The number of nitrogens with one attached hydrogen (secondary N) is 1. The first-order valence-electron chi connectivity index (χ1n) is 7.40. The van der Waals surface area contributed by atoms with Crippen molar-refractivity contribution in [3.8, 4) is 5.75 Å². The molecule has 0 radical (unpaired) electrons. The van der Waals surface area contributed by atoms with Gasteiger partial charge in [-0.25, -0.2) is 4.98 Å². The summed E-state index contributed by atoms with van der Waals surface area (Å²) in [7, 11) is 0. The van der Waals surface area contributed by atoms with E-state index in [1.54, 1.807) is 0 Å². The van der Waals surface area contributed by atoms with E-state index in [1.165, 1.54) is 25.9 Å². The van der Waals surface area contributed by atoms with E-state index < -0.39 is 0 Å². The Hall–Kier alpha value is -1.29. The summed E-state index contributed by atoms with van der Waals surface area (Å²) in [6.45, 7) is 8.58. The van der Waals surface area contributed by atoms with Crippen LogP contribution in [0.1, 0.15) is 33.1 Å². The lowest BCUT2D eigenvalue weighted by atomic mass is 10.1. The standard InChI is InChI=1S/C15H25N3O/c1-3-12-19-14-6-5-9-16-15(14)17-13-7-10-18(4-2)11-8-13/h5-6,9,13H,3-4,7-8,10-12H2,1-2H3,(H,16,17). The molecule has 1 aromatic heterocycles. The van der Waals surface area contributed by atoms with Crippen molar-refractivity contribution in [2.45, 2.75) is 39.2 Å². The molecule has 0 unspecified atom stereocenters.